The average Bonchev–Trinajstić information content (AvgIpc) is 3.97. The standard InChI is InChI=1S/C62H64N4/c1-58(2,3)42-31-43(59(4,5)6)34-46(33-42)62(47-35-44(60(7,8)9)32-45(36-47)61(10,11)12,41-22-20-24-49(38-41)66-56-30-18-15-27-52(56)53-39-63-64-57(53)66)40-21-19-23-48(37-40)65-54-28-16-13-25-50(54)51-26-14-17-29-55(51)65/h13-39H,1-12H3,(H,63,64). The van der Waals surface area contributed by atoms with E-state index in [1.165, 1.54) is 71.7 Å². The molecule has 0 atom stereocenters. The number of fused-ring (bicyclic) bond motifs is 6. The zero-order valence-electron chi connectivity index (χ0n) is 40.9. The molecule has 1 N–H and O–H groups in total. The van der Waals surface area contributed by atoms with Gasteiger partial charge in [0.2, 0.25) is 0 Å². The number of hydrogen-bond donors (Lipinski definition) is 1. The molecule has 10 aromatic rings. The number of hydrogen-bond acceptors (Lipinski definition) is 1. The molecule has 3 aromatic heterocycles. The van der Waals surface area contributed by atoms with Crippen LogP contribution < -0.4 is 0 Å². The summed E-state index contributed by atoms with van der Waals surface area (Å²) in [5.41, 5.74) is 15.7. The van der Waals surface area contributed by atoms with Crippen LogP contribution in [0.4, 0.5) is 0 Å². The Labute approximate surface area is 391 Å². The van der Waals surface area contributed by atoms with Gasteiger partial charge in [0.05, 0.1) is 28.2 Å². The highest BCUT2D eigenvalue weighted by atomic mass is 15.2. The van der Waals surface area contributed by atoms with Crippen LogP contribution in [0.1, 0.15) is 128 Å². The van der Waals surface area contributed by atoms with Gasteiger partial charge >= 0.3 is 0 Å². The summed E-state index contributed by atoms with van der Waals surface area (Å²) in [5.74, 6) is 0. The second kappa shape index (κ2) is 15.2. The van der Waals surface area contributed by atoms with Crippen LogP contribution >= 0.6 is 0 Å². The van der Waals surface area contributed by atoms with Gasteiger partial charge in [-0.2, -0.15) is 5.10 Å². The fourth-order valence-electron chi connectivity index (χ4n) is 10.3. The number of aromatic amines is 1. The van der Waals surface area contributed by atoms with Gasteiger partial charge in [0.15, 0.2) is 0 Å². The van der Waals surface area contributed by atoms with Crippen molar-refractivity contribution in [1.29, 1.82) is 0 Å². The first-order valence-electron chi connectivity index (χ1n) is 23.7. The summed E-state index contributed by atoms with van der Waals surface area (Å²) in [6.45, 7) is 28.3. The molecule has 66 heavy (non-hydrogen) atoms. The van der Waals surface area contributed by atoms with Crippen LogP contribution in [0.25, 0.3) is 55.1 Å². The Hall–Kier alpha value is -6.65. The van der Waals surface area contributed by atoms with Crippen LogP contribution in [0.15, 0.2) is 164 Å². The molecule has 0 saturated carbocycles. The van der Waals surface area contributed by atoms with Crippen molar-refractivity contribution in [1.82, 2.24) is 19.3 Å². The van der Waals surface area contributed by atoms with E-state index in [2.05, 4.69) is 260 Å². The summed E-state index contributed by atoms with van der Waals surface area (Å²) in [4.78, 5) is 0. The van der Waals surface area contributed by atoms with Crippen molar-refractivity contribution < 1.29 is 0 Å². The molecule has 7 aromatic carbocycles. The van der Waals surface area contributed by atoms with Gasteiger partial charge in [0, 0.05) is 32.9 Å². The van der Waals surface area contributed by atoms with Gasteiger partial charge in [-0.3, -0.25) is 9.67 Å². The third-order valence-corrected chi connectivity index (χ3v) is 14.1. The number of rotatable bonds is 6. The van der Waals surface area contributed by atoms with Gasteiger partial charge in [-0.05, 0) is 109 Å². The van der Waals surface area contributed by atoms with E-state index in [1.54, 1.807) is 0 Å². The van der Waals surface area contributed by atoms with Gasteiger partial charge in [0.25, 0.3) is 0 Å². The SMILES string of the molecule is CC(C)(C)c1cc(C(C)(C)C)cc(C(c2cccc(-n3c4ccccc4c4ccccc43)c2)(c2cccc(-n3c4ccccc4c4cn[nH]c43)c2)c2cc(C(C)(C)C)cc(C(C)(C)C)c2)c1. The topological polar surface area (TPSA) is 38.5 Å². The van der Waals surface area contributed by atoms with E-state index in [0.717, 1.165) is 27.9 Å². The van der Waals surface area contributed by atoms with E-state index in [4.69, 9.17) is 0 Å². The zero-order chi connectivity index (χ0) is 46.6. The highest BCUT2D eigenvalue weighted by Gasteiger charge is 2.42. The Bertz CT molecular complexity index is 3270. The summed E-state index contributed by atoms with van der Waals surface area (Å²) >= 11 is 0. The monoisotopic (exact) mass is 865 g/mol. The number of para-hydroxylation sites is 3. The predicted molar refractivity (Wildman–Crippen MR) is 280 cm³/mol. The third-order valence-electron chi connectivity index (χ3n) is 14.1. The Morgan fingerprint density at radius 2 is 0.682 bits per heavy atom. The van der Waals surface area contributed by atoms with Crippen molar-refractivity contribution in [3.63, 3.8) is 0 Å². The van der Waals surface area contributed by atoms with Crippen LogP contribution in [0.5, 0.6) is 0 Å². The van der Waals surface area contributed by atoms with Crippen molar-refractivity contribution in [2.75, 3.05) is 0 Å². The normalized spacial score (nSPS) is 13.2. The number of aromatic nitrogens is 4. The maximum Gasteiger partial charge on any atom is 0.141 e. The molecular weight excluding hydrogens is 801 g/mol. The lowest BCUT2D eigenvalue weighted by Gasteiger charge is -2.41. The lowest BCUT2D eigenvalue weighted by molar-refractivity contribution is 0.559. The maximum atomic E-state index is 4.57. The molecule has 0 bridgehead atoms. The highest BCUT2D eigenvalue weighted by Crippen LogP contribution is 2.50. The second-order valence-electron chi connectivity index (χ2n) is 22.8. The minimum Gasteiger partial charge on any atom is -0.309 e. The van der Waals surface area contributed by atoms with Gasteiger partial charge < -0.3 is 4.57 Å². The summed E-state index contributed by atoms with van der Waals surface area (Å²) < 4.78 is 4.83. The van der Waals surface area contributed by atoms with E-state index in [0.29, 0.717) is 0 Å². The molecule has 0 aliphatic heterocycles. The van der Waals surface area contributed by atoms with Gasteiger partial charge in [-0.25, -0.2) is 0 Å². The molecule has 332 valence electrons. The van der Waals surface area contributed by atoms with Gasteiger partial charge in [0.1, 0.15) is 5.65 Å². The minimum atomic E-state index is -0.802. The average molecular weight is 865 g/mol. The molecule has 4 heteroatoms. The first-order chi connectivity index (χ1) is 31.2. The van der Waals surface area contributed by atoms with Crippen LogP contribution in [-0.4, -0.2) is 19.3 Å². The molecule has 0 amide bonds. The van der Waals surface area contributed by atoms with Crippen LogP contribution in [0.3, 0.4) is 0 Å². The number of benzene rings is 7. The zero-order valence-corrected chi connectivity index (χ0v) is 40.9. The molecule has 0 aliphatic rings. The third kappa shape index (κ3) is 7.08. The molecule has 0 unspecified atom stereocenters. The smallest absolute Gasteiger partial charge is 0.141 e. The lowest BCUT2D eigenvalue weighted by atomic mass is 9.62. The quantitative estimate of drug-likeness (QED) is 0.166. The summed E-state index contributed by atoms with van der Waals surface area (Å²) in [7, 11) is 0. The summed E-state index contributed by atoms with van der Waals surface area (Å²) in [6, 6.07) is 60.3. The molecule has 0 fully saturated rings. The van der Waals surface area contributed by atoms with E-state index >= 15 is 0 Å². The highest BCUT2D eigenvalue weighted by molar-refractivity contribution is 6.09. The first kappa shape index (κ1) is 43.3. The van der Waals surface area contributed by atoms with Gasteiger partial charge in [-0.1, -0.05) is 198 Å². The Morgan fingerprint density at radius 3 is 1.09 bits per heavy atom. The molecular formula is C62H64N4. The fourth-order valence-corrected chi connectivity index (χ4v) is 10.3. The summed E-state index contributed by atoms with van der Waals surface area (Å²) in [6.07, 6.45) is 1.96. The molecule has 0 saturated heterocycles. The van der Waals surface area contributed by atoms with Crippen LogP contribution in [-0.2, 0) is 27.1 Å². The Morgan fingerprint density at radius 1 is 0.333 bits per heavy atom. The summed E-state index contributed by atoms with van der Waals surface area (Å²) in [5, 5.41) is 12.8. The van der Waals surface area contributed by atoms with E-state index in [1.807, 2.05) is 6.20 Å². The van der Waals surface area contributed by atoms with E-state index in [9.17, 15) is 0 Å². The number of nitrogens with zero attached hydrogens (tertiary/aromatic N) is 3. The Balaban J connectivity index is 1.41. The van der Waals surface area contributed by atoms with Crippen LogP contribution in [0.2, 0.25) is 0 Å². The fraction of sp³-hybridized carbons (Fsp3) is 0.274. The molecule has 3 heterocycles. The molecule has 0 spiro atoms. The van der Waals surface area contributed by atoms with Crippen molar-refractivity contribution >= 4 is 43.7 Å². The molecule has 4 nitrogen and oxygen atoms in total. The van der Waals surface area contributed by atoms with Crippen molar-refractivity contribution in [3.05, 3.63) is 208 Å². The Kier molecular flexibility index (Phi) is 9.96. The largest absolute Gasteiger partial charge is 0.309 e. The van der Waals surface area contributed by atoms with E-state index < -0.39 is 5.41 Å². The van der Waals surface area contributed by atoms with Crippen molar-refractivity contribution in [3.8, 4) is 11.4 Å². The van der Waals surface area contributed by atoms with Crippen molar-refractivity contribution in [2.45, 2.75) is 110 Å². The maximum absolute atomic E-state index is 4.57. The molecule has 10 rings (SSSR count). The molecule has 0 radical (unpaired) electrons. The second-order valence-corrected chi connectivity index (χ2v) is 22.8. The van der Waals surface area contributed by atoms with E-state index in [-0.39, 0.29) is 21.7 Å². The predicted octanol–water partition coefficient (Wildman–Crippen LogP) is 16.2. The first-order valence-corrected chi connectivity index (χ1v) is 23.7. The minimum absolute atomic E-state index is 0.117. The van der Waals surface area contributed by atoms with Gasteiger partial charge in [-0.15, -0.1) is 0 Å². The number of nitrogens with one attached hydrogen (secondary N) is 1. The van der Waals surface area contributed by atoms with Crippen molar-refractivity contribution in [2.24, 2.45) is 0 Å². The van der Waals surface area contributed by atoms with Crippen LogP contribution in [0, 0.1) is 0 Å². The molecule has 0 aliphatic carbocycles. The lowest BCUT2D eigenvalue weighted by Crippen LogP contribution is -2.34. The number of H-pyrrole nitrogens is 1.